The number of unbranched alkanes of at least 4 members (excludes halogenated alkanes) is 24. The molecule has 6 aliphatic rings. The molecule has 0 aromatic heterocycles. The number of rotatable bonds is 40. The van der Waals surface area contributed by atoms with Crippen LogP contribution in [0.1, 0.15) is 290 Å². The van der Waals surface area contributed by atoms with Crippen molar-refractivity contribution >= 4 is 45.9 Å². The summed E-state index contributed by atoms with van der Waals surface area (Å²) in [5.74, 6) is 0.977. The Kier molecular flexibility index (Phi) is 40.4. The highest BCUT2D eigenvalue weighted by Gasteiger charge is 2.51. The van der Waals surface area contributed by atoms with Crippen LogP contribution in [-0.2, 0) is 9.59 Å². The maximum absolute atomic E-state index is 13.1. The maximum Gasteiger partial charge on any atom is 0.180 e. The Labute approximate surface area is 637 Å². The SMILES string of the molecule is CCCCCCCCCCCC(C)=O.CCCCCCCCCCCCCCCCCCCC(C)=O.CN1CCN2c3c(cccc31)[C@@H]1C[N+](CO)(CCCC(=O)c3ccc(F)cc3)CC[C@@H]12.CN1CCN2c3c(cccc31)[C@@H]1C[N+](CO)(CCCC(=O)c3ccc(F)cc3)CC[C@@H]12.[I-].[I-]. The van der Waals surface area contributed by atoms with E-state index < -0.39 is 0 Å². The number of aliphatic hydroxyl groups is 2. The van der Waals surface area contributed by atoms with Crippen molar-refractivity contribution in [2.75, 3.05) is 113 Å². The molecule has 0 spiro atoms. The van der Waals surface area contributed by atoms with Gasteiger partial charge in [0.05, 0.1) is 73.9 Å². The highest BCUT2D eigenvalue weighted by Crippen LogP contribution is 2.53. The van der Waals surface area contributed by atoms with Gasteiger partial charge in [-0.15, -0.1) is 0 Å². The number of halogens is 4. The third-order valence-electron chi connectivity index (χ3n) is 22.6. The van der Waals surface area contributed by atoms with Crippen molar-refractivity contribution in [1.29, 1.82) is 0 Å². The molecule has 0 radical (unpaired) electrons. The second kappa shape index (κ2) is 46.7. The van der Waals surface area contributed by atoms with E-state index in [2.05, 4.69) is 83.9 Å². The molecule has 6 atom stereocenters. The lowest BCUT2D eigenvalue weighted by molar-refractivity contribution is -0.950. The maximum atomic E-state index is 13.1. The molecule has 2 fully saturated rings. The fourth-order valence-corrected chi connectivity index (χ4v) is 16.7. The number of hydrogen-bond acceptors (Lipinski definition) is 10. The number of benzene rings is 4. The summed E-state index contributed by atoms with van der Waals surface area (Å²) in [6.45, 7) is 17.7. The zero-order valence-corrected chi connectivity index (χ0v) is 67.0. The van der Waals surface area contributed by atoms with Gasteiger partial charge in [-0.3, -0.25) is 9.59 Å². The molecule has 2 N–H and O–H groups in total. The number of ketones is 4. The smallest absolute Gasteiger partial charge is 0.180 e. The fraction of sp³-hybridized carbons (Fsp3) is 0.667. The van der Waals surface area contributed by atoms with Crippen molar-refractivity contribution in [3.05, 3.63) is 119 Å². The molecular formula is C84H130F2I2N6O6. The summed E-state index contributed by atoms with van der Waals surface area (Å²) < 4.78 is 27.5. The molecule has 6 aliphatic heterocycles. The average Bonchev–Trinajstić information content (AvgIpc) is 1.59. The lowest BCUT2D eigenvalue weighted by Gasteiger charge is -2.46. The fourth-order valence-electron chi connectivity index (χ4n) is 16.7. The number of likely N-dealkylation sites (N-methyl/N-ethyl adjacent to an activating group) is 2. The third kappa shape index (κ3) is 26.8. The number of Topliss-reactive ketones (excluding diaryl/α,β-unsaturated/α-hetero) is 4. The minimum atomic E-state index is -0.326. The summed E-state index contributed by atoms with van der Waals surface area (Å²) in [5, 5.41) is 20.8. The van der Waals surface area contributed by atoms with Crippen molar-refractivity contribution in [2.45, 2.75) is 270 Å². The normalized spacial score (nSPS) is 20.3. The number of carbonyl (C=O) groups excluding carboxylic acids is 4. The first-order valence-electron chi connectivity index (χ1n) is 39.3. The molecule has 2 saturated heterocycles. The van der Waals surface area contributed by atoms with Gasteiger partial charge < -0.3 is 96.3 Å². The molecule has 0 amide bonds. The average molecular weight is 1610 g/mol. The summed E-state index contributed by atoms with van der Waals surface area (Å²) >= 11 is 0. The molecule has 0 bridgehead atoms. The van der Waals surface area contributed by atoms with Gasteiger partial charge in [0, 0.05) is 115 Å². The van der Waals surface area contributed by atoms with Crippen LogP contribution < -0.4 is 67.6 Å². The van der Waals surface area contributed by atoms with Gasteiger partial charge in [0.2, 0.25) is 0 Å². The van der Waals surface area contributed by atoms with E-state index in [9.17, 15) is 38.2 Å². The second-order valence-electron chi connectivity index (χ2n) is 30.3. The molecular weight excluding hydrogens is 1480 g/mol. The molecule has 100 heavy (non-hydrogen) atoms. The zero-order valence-electron chi connectivity index (χ0n) is 62.6. The number of nitrogens with zero attached hydrogens (tertiary/aromatic N) is 6. The second-order valence-corrected chi connectivity index (χ2v) is 30.3. The zero-order chi connectivity index (χ0) is 70.1. The molecule has 6 heterocycles. The predicted molar refractivity (Wildman–Crippen MR) is 402 cm³/mol. The quantitative estimate of drug-likeness (QED) is 0.0193. The standard InChI is InChI=1S/2C25H31FN3O2.C21H42O.C13H26O.2HI/c2*1-27-12-13-28-22-11-15-29(17-30,16-21(22)20-4-2-5-23(27)25(20)28)14-3-6-24(31)18-7-9-19(26)10-8-18;1-3-4-5-6-7-8-9-10-11-12-13-14-15-16-17-18-19-20-21(2)22;1-3-4-5-6-7-8-9-10-11-12-13(2)14;;/h2*2,4-5,7-10,21-22,30H,3,6,11-17H2,1H3;3-20H2,1-2H3;3-12H2,1-2H3;2*1H/q2*+1;;;;/p-2/t2*21-,22-,29?;;;;/m00..../s1. The number of para-hydroxylation sites is 2. The summed E-state index contributed by atoms with van der Waals surface area (Å²) in [7, 11) is 4.34. The van der Waals surface area contributed by atoms with Gasteiger partial charge in [-0.1, -0.05) is 192 Å². The minimum absolute atomic E-state index is 0. The topological polar surface area (TPSA) is 122 Å². The van der Waals surface area contributed by atoms with E-state index in [1.165, 1.54) is 212 Å². The molecule has 12 nitrogen and oxygen atoms in total. The Morgan fingerprint density at radius 1 is 0.420 bits per heavy atom. The van der Waals surface area contributed by atoms with Gasteiger partial charge >= 0.3 is 0 Å². The number of quaternary nitrogens is 2. The van der Waals surface area contributed by atoms with E-state index in [0.29, 0.717) is 68.4 Å². The summed E-state index contributed by atoms with van der Waals surface area (Å²) in [6, 6.07) is 25.9. The number of hydrogen-bond donors (Lipinski definition) is 2. The first-order valence-corrected chi connectivity index (χ1v) is 39.3. The third-order valence-corrected chi connectivity index (χ3v) is 22.6. The van der Waals surface area contributed by atoms with Crippen LogP contribution in [0.25, 0.3) is 0 Å². The Morgan fingerprint density at radius 3 is 1.03 bits per heavy atom. The number of carbonyl (C=O) groups is 4. The Balaban J connectivity index is 0.000000249. The number of piperidine rings is 2. The molecule has 560 valence electrons. The van der Waals surface area contributed by atoms with Crippen LogP contribution in [0.3, 0.4) is 0 Å². The van der Waals surface area contributed by atoms with E-state index in [1.807, 2.05) is 0 Å². The molecule has 4 aromatic carbocycles. The van der Waals surface area contributed by atoms with Crippen molar-refractivity contribution in [3.63, 3.8) is 0 Å². The molecule has 16 heteroatoms. The van der Waals surface area contributed by atoms with Gasteiger partial charge in [0.15, 0.2) is 25.0 Å². The Hall–Kier alpha value is -4.08. The van der Waals surface area contributed by atoms with Crippen molar-refractivity contribution in [2.24, 2.45) is 0 Å². The van der Waals surface area contributed by atoms with E-state index in [4.69, 9.17) is 0 Å². The van der Waals surface area contributed by atoms with E-state index in [-0.39, 0.29) is 84.6 Å². The molecule has 4 aromatic rings. The monoisotopic (exact) mass is 1610 g/mol. The first-order chi connectivity index (χ1) is 47.6. The van der Waals surface area contributed by atoms with Gasteiger partial charge in [0.1, 0.15) is 23.2 Å². The van der Waals surface area contributed by atoms with Crippen LogP contribution in [0.2, 0.25) is 0 Å². The Morgan fingerprint density at radius 2 is 0.730 bits per heavy atom. The van der Waals surface area contributed by atoms with Crippen molar-refractivity contribution in [1.82, 2.24) is 0 Å². The van der Waals surface area contributed by atoms with Gasteiger partial charge in [0.25, 0.3) is 0 Å². The molecule has 2 unspecified atom stereocenters. The largest absolute Gasteiger partial charge is 1.00 e. The molecule has 10 rings (SSSR count). The van der Waals surface area contributed by atoms with Gasteiger partial charge in [-0.2, -0.15) is 0 Å². The van der Waals surface area contributed by atoms with Gasteiger partial charge in [-0.25, -0.2) is 8.78 Å². The highest BCUT2D eigenvalue weighted by atomic mass is 127. The highest BCUT2D eigenvalue weighted by molar-refractivity contribution is 5.96. The summed E-state index contributed by atoms with van der Waals surface area (Å²) in [5.41, 5.74) is 9.41. The number of aliphatic hydroxyl groups excluding tert-OH is 2. The van der Waals surface area contributed by atoms with Gasteiger partial charge in [-0.05, 0) is 98.5 Å². The predicted octanol–water partition coefficient (Wildman–Crippen LogP) is 12.9. The van der Waals surface area contributed by atoms with E-state index in [1.54, 1.807) is 38.1 Å². The summed E-state index contributed by atoms with van der Waals surface area (Å²) in [6.07, 6.45) is 41.7. The van der Waals surface area contributed by atoms with Crippen LogP contribution in [0.15, 0.2) is 84.9 Å². The van der Waals surface area contributed by atoms with E-state index in [0.717, 1.165) is 117 Å². The molecule has 0 saturated carbocycles. The lowest BCUT2D eigenvalue weighted by Crippen LogP contribution is -3.00. The summed E-state index contributed by atoms with van der Waals surface area (Å²) in [4.78, 5) is 56.4. The van der Waals surface area contributed by atoms with Crippen molar-refractivity contribution < 1.29 is 95.1 Å². The Bertz CT molecular complexity index is 2850. The lowest BCUT2D eigenvalue weighted by atomic mass is 9.87. The van der Waals surface area contributed by atoms with Crippen LogP contribution >= 0.6 is 0 Å². The number of anilines is 4. The van der Waals surface area contributed by atoms with Crippen molar-refractivity contribution in [3.8, 4) is 0 Å². The molecule has 0 aliphatic carbocycles. The van der Waals surface area contributed by atoms with E-state index >= 15 is 0 Å². The number of fused-ring (bicyclic) bond motifs is 6. The van der Waals surface area contributed by atoms with Crippen LogP contribution in [0.5, 0.6) is 0 Å². The van der Waals surface area contributed by atoms with Crippen LogP contribution in [0, 0.1) is 11.6 Å². The minimum Gasteiger partial charge on any atom is -1.00 e. The van der Waals surface area contributed by atoms with Crippen LogP contribution in [-0.4, -0.2) is 147 Å². The number of likely N-dealkylation sites (tertiary alicyclic amines) is 2. The first kappa shape index (κ1) is 86.6. The van der Waals surface area contributed by atoms with Crippen LogP contribution in [0.4, 0.5) is 31.5 Å².